The van der Waals surface area contributed by atoms with Gasteiger partial charge in [-0.2, -0.15) is 5.10 Å². The van der Waals surface area contributed by atoms with Gasteiger partial charge in [-0.15, -0.1) is 0 Å². The first kappa shape index (κ1) is 17.0. The molecule has 0 aliphatic heterocycles. The van der Waals surface area contributed by atoms with E-state index in [1.54, 1.807) is 12.4 Å². The summed E-state index contributed by atoms with van der Waals surface area (Å²) in [5, 5.41) is 7.63. The molecule has 0 saturated heterocycles. The molecule has 0 aliphatic rings. The Balaban J connectivity index is 1.68. The minimum absolute atomic E-state index is 0.114. The normalized spacial score (nSPS) is 11.2. The molecule has 4 aromatic rings. The maximum absolute atomic E-state index is 12.8. The second-order valence-electron chi connectivity index (χ2n) is 6.72. The lowest BCUT2D eigenvalue weighted by atomic mass is 10.2. The molecule has 0 radical (unpaired) electrons. The van der Waals surface area contributed by atoms with Crippen molar-refractivity contribution in [1.29, 1.82) is 0 Å². The van der Waals surface area contributed by atoms with Crippen LogP contribution >= 0.6 is 0 Å². The van der Waals surface area contributed by atoms with Crippen molar-refractivity contribution in [1.82, 2.24) is 24.5 Å². The van der Waals surface area contributed by atoms with Crippen molar-refractivity contribution in [2.45, 2.75) is 26.4 Å². The molecule has 6 heteroatoms. The Bertz CT molecular complexity index is 1080. The highest BCUT2D eigenvalue weighted by molar-refractivity contribution is 6.02. The Morgan fingerprint density at radius 1 is 1.15 bits per heavy atom. The van der Waals surface area contributed by atoms with Crippen molar-refractivity contribution in [2.24, 2.45) is 0 Å². The van der Waals surface area contributed by atoms with E-state index < -0.39 is 0 Å². The van der Waals surface area contributed by atoms with Crippen molar-refractivity contribution < 1.29 is 4.79 Å². The van der Waals surface area contributed by atoms with E-state index in [2.05, 4.69) is 29.2 Å². The van der Waals surface area contributed by atoms with E-state index >= 15 is 0 Å². The highest BCUT2D eigenvalue weighted by Gasteiger charge is 2.17. The molecule has 4 heterocycles. The minimum atomic E-state index is -0.114. The van der Waals surface area contributed by atoms with Gasteiger partial charge < -0.3 is 9.72 Å². The Morgan fingerprint density at radius 3 is 2.78 bits per heavy atom. The molecule has 0 spiro atoms. The Morgan fingerprint density at radius 2 is 2.04 bits per heavy atom. The number of hydrogen-bond acceptors (Lipinski definition) is 3. The van der Waals surface area contributed by atoms with Crippen LogP contribution in [0, 0.1) is 0 Å². The lowest BCUT2D eigenvalue weighted by Gasteiger charge is -2.04. The second-order valence-corrected chi connectivity index (χ2v) is 6.72. The molecular weight excluding hydrogens is 338 g/mol. The maximum atomic E-state index is 12.8. The van der Waals surface area contributed by atoms with Crippen molar-refractivity contribution in [3.63, 3.8) is 0 Å². The molecule has 4 aromatic heterocycles. The van der Waals surface area contributed by atoms with Crippen LogP contribution in [0.15, 0.2) is 67.3 Å². The molecule has 136 valence electrons. The van der Waals surface area contributed by atoms with E-state index in [0.717, 1.165) is 22.5 Å². The number of aromatic nitrogens is 4. The van der Waals surface area contributed by atoms with Crippen LogP contribution in [0.5, 0.6) is 0 Å². The molecule has 6 nitrogen and oxygen atoms in total. The van der Waals surface area contributed by atoms with Crippen LogP contribution in [0.25, 0.3) is 16.9 Å². The molecule has 1 amide bonds. The van der Waals surface area contributed by atoms with E-state index in [9.17, 15) is 4.79 Å². The van der Waals surface area contributed by atoms with Gasteiger partial charge in [0.1, 0.15) is 5.69 Å². The SMILES string of the molecule is CC(C)n1ccc(-c2cc(C(=O)NCc3cccnc3)c3ccccn23)n1. The topological polar surface area (TPSA) is 64.2 Å². The zero-order chi connectivity index (χ0) is 18.8. The lowest BCUT2D eigenvalue weighted by Crippen LogP contribution is -2.22. The molecule has 0 unspecified atom stereocenters. The van der Waals surface area contributed by atoms with Gasteiger partial charge in [0.15, 0.2) is 0 Å². The second kappa shape index (κ2) is 7.07. The minimum Gasteiger partial charge on any atom is -0.348 e. The molecule has 4 rings (SSSR count). The van der Waals surface area contributed by atoms with Crippen molar-refractivity contribution >= 4 is 11.4 Å². The Hall–Kier alpha value is -3.41. The van der Waals surface area contributed by atoms with Crippen molar-refractivity contribution in [2.75, 3.05) is 0 Å². The maximum Gasteiger partial charge on any atom is 0.253 e. The smallest absolute Gasteiger partial charge is 0.253 e. The fourth-order valence-electron chi connectivity index (χ4n) is 3.07. The van der Waals surface area contributed by atoms with Crippen LogP contribution in [0.1, 0.15) is 35.8 Å². The van der Waals surface area contributed by atoms with Gasteiger partial charge in [0, 0.05) is 37.4 Å². The average molecular weight is 359 g/mol. The van der Waals surface area contributed by atoms with Gasteiger partial charge in [-0.1, -0.05) is 12.1 Å². The summed E-state index contributed by atoms with van der Waals surface area (Å²) >= 11 is 0. The molecular formula is C21H21N5O. The largest absolute Gasteiger partial charge is 0.348 e. The molecule has 0 bridgehead atoms. The summed E-state index contributed by atoms with van der Waals surface area (Å²) in [4.78, 5) is 16.9. The van der Waals surface area contributed by atoms with Crippen LogP contribution in [-0.4, -0.2) is 25.1 Å². The predicted molar refractivity (Wildman–Crippen MR) is 104 cm³/mol. The van der Waals surface area contributed by atoms with E-state index in [1.165, 1.54) is 0 Å². The Kier molecular flexibility index (Phi) is 4.46. The number of hydrogen-bond donors (Lipinski definition) is 1. The molecule has 1 N–H and O–H groups in total. The first-order valence-electron chi connectivity index (χ1n) is 8.96. The highest BCUT2D eigenvalue weighted by atomic mass is 16.1. The third-order valence-corrected chi connectivity index (χ3v) is 4.50. The van der Waals surface area contributed by atoms with E-state index in [4.69, 9.17) is 0 Å². The molecule has 27 heavy (non-hydrogen) atoms. The number of pyridine rings is 2. The van der Waals surface area contributed by atoms with Gasteiger partial charge in [0.2, 0.25) is 0 Å². The monoisotopic (exact) mass is 359 g/mol. The molecule has 0 fully saturated rings. The van der Waals surface area contributed by atoms with E-state index in [-0.39, 0.29) is 11.9 Å². The highest BCUT2D eigenvalue weighted by Crippen LogP contribution is 2.25. The predicted octanol–water partition coefficient (Wildman–Crippen LogP) is 3.71. The number of amides is 1. The molecule has 0 aliphatic carbocycles. The molecule has 0 aromatic carbocycles. The number of nitrogens with zero attached hydrogens (tertiary/aromatic N) is 4. The summed E-state index contributed by atoms with van der Waals surface area (Å²) in [5.74, 6) is -0.114. The molecule has 0 saturated carbocycles. The van der Waals surface area contributed by atoms with Gasteiger partial charge in [0.25, 0.3) is 5.91 Å². The van der Waals surface area contributed by atoms with Crippen molar-refractivity contribution in [3.05, 3.63) is 78.4 Å². The van der Waals surface area contributed by atoms with Crippen molar-refractivity contribution in [3.8, 4) is 11.4 Å². The zero-order valence-electron chi connectivity index (χ0n) is 15.3. The van der Waals surface area contributed by atoms with Crippen LogP contribution in [0.3, 0.4) is 0 Å². The average Bonchev–Trinajstić information content (AvgIpc) is 3.32. The summed E-state index contributed by atoms with van der Waals surface area (Å²) in [5.41, 5.74) is 4.20. The fourth-order valence-corrected chi connectivity index (χ4v) is 3.07. The van der Waals surface area contributed by atoms with Gasteiger partial charge in [-0.3, -0.25) is 14.5 Å². The van der Waals surface area contributed by atoms with E-state index in [0.29, 0.717) is 12.1 Å². The third-order valence-electron chi connectivity index (χ3n) is 4.50. The van der Waals surface area contributed by atoms with Crippen LogP contribution in [-0.2, 0) is 6.54 Å². The number of nitrogens with one attached hydrogen (secondary N) is 1. The first-order chi connectivity index (χ1) is 13.1. The van der Waals surface area contributed by atoms with Gasteiger partial charge in [-0.05, 0) is 49.7 Å². The summed E-state index contributed by atoms with van der Waals surface area (Å²) in [6.07, 6.45) is 7.39. The summed E-state index contributed by atoms with van der Waals surface area (Å²) in [6, 6.07) is 13.8. The third kappa shape index (κ3) is 3.33. The van der Waals surface area contributed by atoms with Gasteiger partial charge in [-0.25, -0.2) is 0 Å². The number of rotatable bonds is 5. The number of fused-ring (bicyclic) bond motifs is 1. The fraction of sp³-hybridized carbons (Fsp3) is 0.190. The molecule has 0 atom stereocenters. The summed E-state index contributed by atoms with van der Waals surface area (Å²) in [6.45, 7) is 4.61. The first-order valence-corrected chi connectivity index (χ1v) is 8.96. The standard InChI is InChI=1S/C21H21N5O/c1-15(2)26-11-8-18(24-26)20-12-17(19-7-3-4-10-25(19)20)21(27)23-14-16-6-5-9-22-13-16/h3-13,15H,14H2,1-2H3,(H,23,27). The van der Waals surface area contributed by atoms with Crippen LogP contribution in [0.2, 0.25) is 0 Å². The quantitative estimate of drug-likeness (QED) is 0.591. The number of carbonyl (C=O) groups is 1. The van der Waals surface area contributed by atoms with Crippen LogP contribution < -0.4 is 5.32 Å². The van der Waals surface area contributed by atoms with Gasteiger partial charge >= 0.3 is 0 Å². The number of carbonyl (C=O) groups excluding carboxylic acids is 1. The van der Waals surface area contributed by atoms with E-state index in [1.807, 2.05) is 63.9 Å². The zero-order valence-corrected chi connectivity index (χ0v) is 15.3. The summed E-state index contributed by atoms with van der Waals surface area (Å²) < 4.78 is 3.92. The summed E-state index contributed by atoms with van der Waals surface area (Å²) in [7, 11) is 0. The van der Waals surface area contributed by atoms with Crippen LogP contribution in [0.4, 0.5) is 0 Å². The Labute approximate surface area is 157 Å². The lowest BCUT2D eigenvalue weighted by molar-refractivity contribution is 0.0952. The van der Waals surface area contributed by atoms with Gasteiger partial charge in [0.05, 0.1) is 16.8 Å².